The summed E-state index contributed by atoms with van der Waals surface area (Å²) in [4.78, 5) is 14.8. The molecule has 0 radical (unpaired) electrons. The van der Waals surface area contributed by atoms with Gasteiger partial charge in [0.2, 0.25) is 0 Å². The fourth-order valence-electron chi connectivity index (χ4n) is 1.45. The molecule has 0 saturated carbocycles. The number of nitrogens with one attached hydrogen (secondary N) is 1. The van der Waals surface area contributed by atoms with E-state index in [2.05, 4.69) is 10.3 Å². The van der Waals surface area contributed by atoms with Crippen molar-refractivity contribution in [3.63, 3.8) is 0 Å². The first kappa shape index (κ1) is 14.6. The molecule has 100 valence electrons. The monoisotopic (exact) mass is 254 g/mol. The van der Waals surface area contributed by atoms with Crippen molar-refractivity contribution in [3.05, 3.63) is 29.6 Å². The van der Waals surface area contributed by atoms with Crippen LogP contribution in [0.5, 0.6) is 0 Å². The molecule has 1 aromatic heterocycles. The van der Waals surface area contributed by atoms with E-state index in [0.29, 0.717) is 25.4 Å². The number of ether oxygens (including phenoxy) is 2. The van der Waals surface area contributed by atoms with Crippen molar-refractivity contribution in [2.75, 3.05) is 27.4 Å². The van der Waals surface area contributed by atoms with Crippen molar-refractivity contribution in [2.24, 2.45) is 0 Å². The van der Waals surface area contributed by atoms with Crippen LogP contribution in [-0.2, 0) is 16.0 Å². The number of methoxy groups -OCH3 is 2. The van der Waals surface area contributed by atoms with E-state index in [1.165, 1.54) is 6.07 Å². The number of rotatable bonds is 8. The SMILES string of the molecule is COCC(CNCc1cccc(C(=O)O)n1)OC. The molecule has 0 amide bonds. The van der Waals surface area contributed by atoms with Gasteiger partial charge in [-0.05, 0) is 12.1 Å². The average Bonchev–Trinajstić information content (AvgIpc) is 2.38. The fraction of sp³-hybridized carbons (Fsp3) is 0.500. The second-order valence-electron chi connectivity index (χ2n) is 3.76. The van der Waals surface area contributed by atoms with Crippen molar-refractivity contribution in [3.8, 4) is 0 Å². The van der Waals surface area contributed by atoms with E-state index in [-0.39, 0.29) is 11.8 Å². The van der Waals surface area contributed by atoms with Gasteiger partial charge in [-0.15, -0.1) is 0 Å². The molecule has 0 aliphatic carbocycles. The lowest BCUT2D eigenvalue weighted by molar-refractivity contribution is 0.0287. The van der Waals surface area contributed by atoms with Crippen LogP contribution in [0, 0.1) is 0 Å². The third-order valence-electron chi connectivity index (χ3n) is 2.39. The van der Waals surface area contributed by atoms with Crippen LogP contribution in [0.1, 0.15) is 16.2 Å². The summed E-state index contributed by atoms with van der Waals surface area (Å²) in [6.07, 6.45) is -0.0299. The number of carbonyl (C=O) groups is 1. The third-order valence-corrected chi connectivity index (χ3v) is 2.39. The summed E-state index contributed by atoms with van der Waals surface area (Å²) >= 11 is 0. The predicted octanol–water partition coefficient (Wildman–Crippen LogP) is 0.531. The fourth-order valence-corrected chi connectivity index (χ4v) is 1.45. The van der Waals surface area contributed by atoms with Gasteiger partial charge in [-0.25, -0.2) is 9.78 Å². The largest absolute Gasteiger partial charge is 0.477 e. The van der Waals surface area contributed by atoms with E-state index in [4.69, 9.17) is 14.6 Å². The zero-order chi connectivity index (χ0) is 13.4. The standard InChI is InChI=1S/C12H18N2O4/c1-17-8-10(18-2)7-13-6-9-4-3-5-11(14-9)12(15)16/h3-5,10,13H,6-8H2,1-2H3,(H,15,16). The van der Waals surface area contributed by atoms with Gasteiger partial charge in [0, 0.05) is 27.3 Å². The zero-order valence-electron chi connectivity index (χ0n) is 10.5. The molecule has 0 aliphatic rings. The van der Waals surface area contributed by atoms with Gasteiger partial charge in [-0.1, -0.05) is 6.07 Å². The maximum atomic E-state index is 10.7. The smallest absolute Gasteiger partial charge is 0.354 e. The van der Waals surface area contributed by atoms with Crippen LogP contribution in [0.2, 0.25) is 0 Å². The molecule has 1 unspecified atom stereocenters. The second-order valence-corrected chi connectivity index (χ2v) is 3.76. The molecule has 0 bridgehead atoms. The highest BCUT2D eigenvalue weighted by Gasteiger charge is 2.07. The number of hydrogen-bond donors (Lipinski definition) is 2. The summed E-state index contributed by atoms with van der Waals surface area (Å²) in [5.74, 6) is -1.02. The van der Waals surface area contributed by atoms with Gasteiger partial charge in [-0.2, -0.15) is 0 Å². The van der Waals surface area contributed by atoms with Crippen molar-refractivity contribution in [1.82, 2.24) is 10.3 Å². The highest BCUT2D eigenvalue weighted by atomic mass is 16.5. The lowest BCUT2D eigenvalue weighted by Gasteiger charge is -2.14. The summed E-state index contributed by atoms with van der Waals surface area (Å²) in [6, 6.07) is 4.92. The second kappa shape index (κ2) is 7.75. The highest BCUT2D eigenvalue weighted by Crippen LogP contribution is 1.99. The first-order valence-corrected chi connectivity index (χ1v) is 5.59. The van der Waals surface area contributed by atoms with E-state index in [9.17, 15) is 4.79 Å². The molecule has 0 fully saturated rings. The molecule has 0 aliphatic heterocycles. The van der Waals surface area contributed by atoms with Crippen LogP contribution in [-0.4, -0.2) is 49.5 Å². The number of aromatic nitrogens is 1. The van der Waals surface area contributed by atoms with E-state index >= 15 is 0 Å². The molecular formula is C12H18N2O4. The van der Waals surface area contributed by atoms with Gasteiger partial charge in [0.1, 0.15) is 5.69 Å². The number of carboxylic acid groups (broad SMARTS) is 1. The minimum atomic E-state index is -1.02. The van der Waals surface area contributed by atoms with Crippen LogP contribution in [0.4, 0.5) is 0 Å². The van der Waals surface area contributed by atoms with Crippen molar-refractivity contribution < 1.29 is 19.4 Å². The first-order valence-electron chi connectivity index (χ1n) is 5.59. The molecule has 18 heavy (non-hydrogen) atoms. The van der Waals surface area contributed by atoms with Crippen LogP contribution in [0.3, 0.4) is 0 Å². The van der Waals surface area contributed by atoms with Crippen LogP contribution in [0.15, 0.2) is 18.2 Å². The van der Waals surface area contributed by atoms with Gasteiger partial charge in [0.25, 0.3) is 0 Å². The van der Waals surface area contributed by atoms with Crippen molar-refractivity contribution in [2.45, 2.75) is 12.6 Å². The summed E-state index contributed by atoms with van der Waals surface area (Å²) in [6.45, 7) is 1.61. The topological polar surface area (TPSA) is 80.7 Å². The third kappa shape index (κ3) is 4.79. The Balaban J connectivity index is 2.43. The lowest BCUT2D eigenvalue weighted by atomic mass is 10.3. The van der Waals surface area contributed by atoms with Crippen LogP contribution < -0.4 is 5.32 Å². The van der Waals surface area contributed by atoms with Crippen LogP contribution >= 0.6 is 0 Å². The Morgan fingerprint density at radius 1 is 1.50 bits per heavy atom. The van der Waals surface area contributed by atoms with Gasteiger partial charge >= 0.3 is 5.97 Å². The minimum Gasteiger partial charge on any atom is -0.477 e. The Morgan fingerprint density at radius 2 is 2.28 bits per heavy atom. The summed E-state index contributed by atoms with van der Waals surface area (Å²) in [5, 5.41) is 12.0. The summed E-state index contributed by atoms with van der Waals surface area (Å²) < 4.78 is 10.2. The Hall–Kier alpha value is -1.50. The molecule has 1 aromatic rings. The zero-order valence-corrected chi connectivity index (χ0v) is 10.5. The Morgan fingerprint density at radius 3 is 2.89 bits per heavy atom. The molecule has 1 heterocycles. The maximum absolute atomic E-state index is 10.7. The molecule has 0 saturated heterocycles. The van der Waals surface area contributed by atoms with E-state index < -0.39 is 5.97 Å². The number of pyridine rings is 1. The molecule has 0 aromatic carbocycles. The van der Waals surface area contributed by atoms with Gasteiger partial charge < -0.3 is 19.9 Å². The first-order chi connectivity index (χ1) is 8.67. The summed E-state index contributed by atoms with van der Waals surface area (Å²) in [7, 11) is 3.23. The highest BCUT2D eigenvalue weighted by molar-refractivity contribution is 5.85. The van der Waals surface area contributed by atoms with E-state index in [1.807, 2.05) is 0 Å². The van der Waals surface area contributed by atoms with Crippen molar-refractivity contribution >= 4 is 5.97 Å². The van der Waals surface area contributed by atoms with Gasteiger partial charge in [0.05, 0.1) is 18.4 Å². The quantitative estimate of drug-likeness (QED) is 0.704. The number of aromatic carboxylic acids is 1. The molecular weight excluding hydrogens is 236 g/mol. The molecule has 0 spiro atoms. The molecule has 2 N–H and O–H groups in total. The van der Waals surface area contributed by atoms with Gasteiger partial charge in [0.15, 0.2) is 0 Å². The molecule has 6 nitrogen and oxygen atoms in total. The van der Waals surface area contributed by atoms with Gasteiger partial charge in [-0.3, -0.25) is 0 Å². The maximum Gasteiger partial charge on any atom is 0.354 e. The minimum absolute atomic E-state index is 0.0299. The Labute approximate surface area is 106 Å². The lowest BCUT2D eigenvalue weighted by Crippen LogP contribution is -2.31. The number of nitrogens with zero attached hydrogens (tertiary/aromatic N) is 1. The van der Waals surface area contributed by atoms with Crippen LogP contribution in [0.25, 0.3) is 0 Å². The molecule has 1 rings (SSSR count). The number of hydrogen-bond acceptors (Lipinski definition) is 5. The Bertz CT molecular complexity index is 384. The average molecular weight is 254 g/mol. The van der Waals surface area contributed by atoms with E-state index in [0.717, 1.165) is 0 Å². The van der Waals surface area contributed by atoms with E-state index in [1.54, 1.807) is 26.4 Å². The summed E-state index contributed by atoms with van der Waals surface area (Å²) in [5.41, 5.74) is 0.733. The Kier molecular flexibility index (Phi) is 6.27. The molecule has 6 heteroatoms. The van der Waals surface area contributed by atoms with Crippen molar-refractivity contribution in [1.29, 1.82) is 0 Å². The predicted molar refractivity (Wildman–Crippen MR) is 65.6 cm³/mol. The normalized spacial score (nSPS) is 12.3. The molecule has 1 atom stereocenters. The number of carboxylic acids is 1.